The highest BCUT2D eigenvalue weighted by Crippen LogP contribution is 2.36. The molecule has 0 amide bonds. The predicted molar refractivity (Wildman–Crippen MR) is 48.1 cm³/mol. The maximum Gasteiger partial charge on any atom is -0.0145 e. The second kappa shape index (κ2) is 3.80. The summed E-state index contributed by atoms with van der Waals surface area (Å²) in [5.41, 5.74) is 2.08. The summed E-state index contributed by atoms with van der Waals surface area (Å²) in [5, 5.41) is 0. The van der Waals surface area contributed by atoms with Crippen molar-refractivity contribution in [2.24, 2.45) is 5.41 Å². The minimum Gasteiger partial charge on any atom is -0.0850 e. The Morgan fingerprint density at radius 1 is 1.30 bits per heavy atom. The number of hydrogen-bond acceptors (Lipinski definition) is 0. The Morgan fingerprint density at radius 3 is 1.90 bits per heavy atom. The first-order valence-corrected chi connectivity index (χ1v) is 4.30. The van der Waals surface area contributed by atoms with E-state index in [0.717, 1.165) is 0 Å². The molecule has 60 valence electrons. The molecule has 0 spiro atoms. The third-order valence-electron chi connectivity index (χ3n) is 2.29. The van der Waals surface area contributed by atoms with Crippen molar-refractivity contribution in [3.63, 3.8) is 0 Å². The van der Waals surface area contributed by atoms with Crippen LogP contribution in [0, 0.1) is 5.41 Å². The van der Waals surface area contributed by atoms with Gasteiger partial charge in [-0.15, -0.1) is 0 Å². The van der Waals surface area contributed by atoms with E-state index in [9.17, 15) is 0 Å². The lowest BCUT2D eigenvalue weighted by atomic mass is 9.87. The zero-order valence-electron chi connectivity index (χ0n) is 7.99. The summed E-state index contributed by atoms with van der Waals surface area (Å²) in [6.07, 6.45) is 4.98. The lowest BCUT2D eigenvalue weighted by Gasteiger charge is -2.18. The Balaban J connectivity index is 0.000000371. The molecular weight excluding hydrogens is 120 g/mol. The van der Waals surface area contributed by atoms with Gasteiger partial charge in [-0.3, -0.25) is 0 Å². The van der Waals surface area contributed by atoms with Crippen LogP contribution in [0.25, 0.3) is 0 Å². The molecule has 0 unspecified atom stereocenters. The molecule has 0 heterocycles. The smallest absolute Gasteiger partial charge is 0.0145 e. The van der Waals surface area contributed by atoms with Crippen molar-refractivity contribution in [2.75, 3.05) is 0 Å². The van der Waals surface area contributed by atoms with E-state index in [2.05, 4.69) is 26.8 Å². The van der Waals surface area contributed by atoms with Crippen molar-refractivity contribution in [1.29, 1.82) is 0 Å². The van der Waals surface area contributed by atoms with Crippen molar-refractivity contribution >= 4 is 0 Å². The highest BCUT2D eigenvalue weighted by Gasteiger charge is 2.22. The molecule has 0 saturated heterocycles. The van der Waals surface area contributed by atoms with Gasteiger partial charge in [-0.25, -0.2) is 0 Å². The highest BCUT2D eigenvalue weighted by atomic mass is 14.3. The van der Waals surface area contributed by atoms with E-state index in [1.807, 2.05) is 13.8 Å². The highest BCUT2D eigenvalue weighted by molar-refractivity contribution is 5.14. The van der Waals surface area contributed by atoms with Crippen LogP contribution in [0.1, 0.15) is 47.5 Å². The Bertz CT molecular complexity index is 118. The van der Waals surface area contributed by atoms with Crippen LogP contribution in [0.3, 0.4) is 0 Å². The first-order chi connectivity index (χ1) is 4.63. The van der Waals surface area contributed by atoms with Crippen LogP contribution in [-0.2, 0) is 0 Å². The Kier molecular flexibility index (Phi) is 3.70. The van der Waals surface area contributed by atoms with E-state index in [0.29, 0.717) is 5.41 Å². The minimum absolute atomic E-state index is 0.514. The summed E-state index contributed by atoms with van der Waals surface area (Å²) >= 11 is 0. The maximum atomic E-state index is 2.35. The van der Waals surface area contributed by atoms with E-state index < -0.39 is 0 Å². The molecule has 0 N–H and O–H groups in total. The van der Waals surface area contributed by atoms with E-state index in [1.165, 1.54) is 12.8 Å². The molecule has 0 aromatic rings. The van der Waals surface area contributed by atoms with Crippen LogP contribution < -0.4 is 0 Å². The quantitative estimate of drug-likeness (QED) is 0.449. The van der Waals surface area contributed by atoms with Gasteiger partial charge in [-0.1, -0.05) is 39.3 Å². The molecule has 10 heavy (non-hydrogen) atoms. The SMILES string of the molecule is CC.CC1=CCCC1(C)C. The molecule has 0 radical (unpaired) electrons. The van der Waals surface area contributed by atoms with E-state index in [1.54, 1.807) is 5.57 Å². The third-order valence-corrected chi connectivity index (χ3v) is 2.29. The first kappa shape index (κ1) is 9.74. The van der Waals surface area contributed by atoms with Crippen molar-refractivity contribution in [3.05, 3.63) is 11.6 Å². The molecule has 0 heteroatoms. The fourth-order valence-electron chi connectivity index (χ4n) is 1.12. The van der Waals surface area contributed by atoms with Gasteiger partial charge in [0.1, 0.15) is 0 Å². The topological polar surface area (TPSA) is 0 Å². The van der Waals surface area contributed by atoms with Crippen LogP contribution in [0.2, 0.25) is 0 Å². The minimum atomic E-state index is 0.514. The van der Waals surface area contributed by atoms with Gasteiger partial charge in [0, 0.05) is 0 Å². The average molecular weight is 140 g/mol. The molecule has 0 saturated carbocycles. The van der Waals surface area contributed by atoms with E-state index in [4.69, 9.17) is 0 Å². The lowest BCUT2D eigenvalue weighted by molar-refractivity contribution is 0.443. The first-order valence-electron chi connectivity index (χ1n) is 4.30. The predicted octanol–water partition coefficient (Wildman–Crippen LogP) is 3.78. The summed E-state index contributed by atoms with van der Waals surface area (Å²) in [4.78, 5) is 0. The third kappa shape index (κ3) is 2.17. The molecule has 0 fully saturated rings. The molecule has 1 rings (SSSR count). The van der Waals surface area contributed by atoms with Gasteiger partial charge in [-0.2, -0.15) is 0 Å². The number of rotatable bonds is 0. The molecule has 1 aliphatic rings. The zero-order valence-corrected chi connectivity index (χ0v) is 7.99. The fourth-order valence-corrected chi connectivity index (χ4v) is 1.12. The maximum absolute atomic E-state index is 2.35. The Morgan fingerprint density at radius 2 is 1.80 bits per heavy atom. The van der Waals surface area contributed by atoms with Crippen LogP contribution >= 0.6 is 0 Å². The van der Waals surface area contributed by atoms with Gasteiger partial charge >= 0.3 is 0 Å². The van der Waals surface area contributed by atoms with Crippen LogP contribution in [0.15, 0.2) is 11.6 Å². The molecule has 0 bridgehead atoms. The van der Waals surface area contributed by atoms with Crippen LogP contribution in [0.4, 0.5) is 0 Å². The average Bonchev–Trinajstić information content (AvgIpc) is 2.17. The lowest BCUT2D eigenvalue weighted by Crippen LogP contribution is -2.06. The van der Waals surface area contributed by atoms with Gasteiger partial charge in [0.15, 0.2) is 0 Å². The zero-order chi connectivity index (χ0) is 8.20. The Labute approximate surface area is 65.3 Å². The molecule has 0 aliphatic heterocycles. The summed E-state index contributed by atoms with van der Waals surface area (Å²) in [5.74, 6) is 0. The molecule has 0 aromatic heterocycles. The standard InChI is InChI=1S/C8H14.C2H6/c1-7-5-4-6-8(7,2)3;1-2/h5H,4,6H2,1-3H3;1-2H3. The molecule has 0 nitrogen and oxygen atoms in total. The summed E-state index contributed by atoms with van der Waals surface area (Å²) in [6.45, 7) is 10.9. The fraction of sp³-hybridized carbons (Fsp3) is 0.800. The summed E-state index contributed by atoms with van der Waals surface area (Å²) in [7, 11) is 0. The molecule has 0 aromatic carbocycles. The second-order valence-corrected chi connectivity index (χ2v) is 3.31. The second-order valence-electron chi connectivity index (χ2n) is 3.31. The van der Waals surface area contributed by atoms with Crippen molar-refractivity contribution in [1.82, 2.24) is 0 Å². The monoisotopic (exact) mass is 140 g/mol. The van der Waals surface area contributed by atoms with Gasteiger partial charge in [0.05, 0.1) is 0 Å². The summed E-state index contributed by atoms with van der Waals surface area (Å²) < 4.78 is 0. The van der Waals surface area contributed by atoms with Crippen molar-refractivity contribution in [2.45, 2.75) is 47.5 Å². The molecule has 1 aliphatic carbocycles. The number of allylic oxidation sites excluding steroid dienone is 2. The van der Waals surface area contributed by atoms with Crippen LogP contribution in [0.5, 0.6) is 0 Å². The number of hydrogen-bond donors (Lipinski definition) is 0. The molecule has 0 atom stereocenters. The van der Waals surface area contributed by atoms with E-state index >= 15 is 0 Å². The van der Waals surface area contributed by atoms with Crippen LogP contribution in [-0.4, -0.2) is 0 Å². The molecular formula is C10H20. The van der Waals surface area contributed by atoms with E-state index in [-0.39, 0.29) is 0 Å². The van der Waals surface area contributed by atoms with Crippen molar-refractivity contribution in [3.8, 4) is 0 Å². The largest absolute Gasteiger partial charge is 0.0850 e. The normalized spacial score (nSPS) is 21.1. The summed E-state index contributed by atoms with van der Waals surface area (Å²) in [6, 6.07) is 0. The van der Waals surface area contributed by atoms with Gasteiger partial charge in [-0.05, 0) is 25.2 Å². The van der Waals surface area contributed by atoms with Gasteiger partial charge < -0.3 is 0 Å². The van der Waals surface area contributed by atoms with Gasteiger partial charge in [0.2, 0.25) is 0 Å². The Hall–Kier alpha value is -0.260. The van der Waals surface area contributed by atoms with Crippen molar-refractivity contribution < 1.29 is 0 Å². The van der Waals surface area contributed by atoms with Gasteiger partial charge in [0.25, 0.3) is 0 Å².